The van der Waals surface area contributed by atoms with Gasteiger partial charge in [-0.1, -0.05) is 44.0 Å². The van der Waals surface area contributed by atoms with Crippen molar-refractivity contribution in [3.05, 3.63) is 96.9 Å². The third-order valence-electron chi connectivity index (χ3n) is 7.03. The molecule has 4 nitrogen and oxygen atoms in total. The Bertz CT molecular complexity index is 1380. The van der Waals surface area contributed by atoms with Crippen LogP contribution in [0.15, 0.2) is 63.5 Å². The largest absolute Gasteiger partial charge is 0.416 e. The minimum absolute atomic E-state index is 0.0209. The number of carbonyl (C=O) groups excluding carboxylic acids is 1. The Morgan fingerprint density at radius 1 is 0.805 bits per heavy atom. The monoisotopic (exact) mass is 705 g/mol. The van der Waals surface area contributed by atoms with Gasteiger partial charge in [0.2, 0.25) is 5.91 Å². The van der Waals surface area contributed by atoms with E-state index >= 15 is 0 Å². The van der Waals surface area contributed by atoms with Gasteiger partial charge in [-0.2, -0.15) is 26.3 Å². The first kappa shape index (κ1) is 31.5. The van der Waals surface area contributed by atoms with Gasteiger partial charge in [0, 0.05) is 39.7 Å². The Morgan fingerprint density at radius 2 is 1.34 bits per heavy atom. The van der Waals surface area contributed by atoms with Crippen LogP contribution < -0.4 is 16.4 Å². The molecule has 3 aromatic rings. The van der Waals surface area contributed by atoms with Gasteiger partial charge in [-0.25, -0.2) is 0 Å². The van der Waals surface area contributed by atoms with E-state index in [9.17, 15) is 31.1 Å². The predicted molar refractivity (Wildman–Crippen MR) is 152 cm³/mol. The van der Waals surface area contributed by atoms with Crippen LogP contribution in [0.5, 0.6) is 0 Å². The van der Waals surface area contributed by atoms with Gasteiger partial charge in [0.15, 0.2) is 0 Å². The number of hydrogen-bond donors (Lipinski definition) is 3. The lowest BCUT2D eigenvalue weighted by atomic mass is 10.1. The minimum Gasteiger partial charge on any atom is -0.326 e. The fraction of sp³-hybridized carbons (Fsp3) is 0.345. The standard InChI is InChI=1S/C20H17BrF6N2O.C9H10BrN/c21-14-2-3-16-11(7-14)1-4-17(16)28-6-5-18(30)29-15-9-12(19(22,23)24)8-13(10-15)20(25,26)27;10-7-2-3-8-6(5-7)1-4-9(8)11/h2-3,7-10,17,28H,1,4-6H2,(H,29,30);2-3,5,9H,1,4,11H2. The van der Waals surface area contributed by atoms with Crippen LogP contribution in [0.3, 0.4) is 0 Å². The summed E-state index contributed by atoms with van der Waals surface area (Å²) in [5, 5.41) is 5.34. The van der Waals surface area contributed by atoms with E-state index in [0.29, 0.717) is 12.1 Å². The topological polar surface area (TPSA) is 67.2 Å². The summed E-state index contributed by atoms with van der Waals surface area (Å²) < 4.78 is 79.5. The molecular formula is C29H27Br2F6N3O. The predicted octanol–water partition coefficient (Wildman–Crippen LogP) is 8.49. The zero-order valence-electron chi connectivity index (χ0n) is 21.6. The molecule has 0 aliphatic heterocycles. The van der Waals surface area contributed by atoms with Crippen molar-refractivity contribution < 1.29 is 31.1 Å². The highest BCUT2D eigenvalue weighted by Gasteiger charge is 2.37. The number of carbonyl (C=O) groups is 1. The van der Waals surface area contributed by atoms with Gasteiger partial charge < -0.3 is 16.4 Å². The van der Waals surface area contributed by atoms with Crippen LogP contribution in [0.1, 0.15) is 64.7 Å². The summed E-state index contributed by atoms with van der Waals surface area (Å²) in [6.07, 6.45) is -6.07. The van der Waals surface area contributed by atoms with Crippen molar-refractivity contribution in [3.8, 4) is 0 Å². The Hall–Kier alpha value is -2.41. The summed E-state index contributed by atoms with van der Waals surface area (Å²) in [7, 11) is 0. The lowest BCUT2D eigenvalue weighted by Crippen LogP contribution is -2.25. The van der Waals surface area contributed by atoms with E-state index in [4.69, 9.17) is 5.73 Å². The Balaban J connectivity index is 0.000000291. The van der Waals surface area contributed by atoms with E-state index in [0.717, 1.165) is 40.2 Å². The molecule has 0 saturated carbocycles. The van der Waals surface area contributed by atoms with Gasteiger partial charge in [-0.15, -0.1) is 0 Å². The molecule has 0 fully saturated rings. The summed E-state index contributed by atoms with van der Waals surface area (Å²) >= 11 is 6.85. The molecule has 0 saturated heterocycles. The number of alkyl halides is 6. The smallest absolute Gasteiger partial charge is 0.326 e. The molecule has 4 N–H and O–H groups in total. The van der Waals surface area contributed by atoms with Gasteiger partial charge >= 0.3 is 12.4 Å². The van der Waals surface area contributed by atoms with Crippen molar-refractivity contribution in [2.45, 2.75) is 56.5 Å². The van der Waals surface area contributed by atoms with Crippen molar-refractivity contribution in [1.29, 1.82) is 0 Å². The van der Waals surface area contributed by atoms with Gasteiger partial charge in [0.05, 0.1) is 11.1 Å². The molecular weight excluding hydrogens is 680 g/mol. The molecule has 0 aromatic heterocycles. The highest BCUT2D eigenvalue weighted by molar-refractivity contribution is 9.10. The van der Waals surface area contributed by atoms with Crippen LogP contribution in [-0.2, 0) is 30.0 Å². The minimum atomic E-state index is -4.97. The SMILES string of the molecule is NC1CCc2cc(Br)ccc21.O=C(CCNC1CCc2cc(Br)ccc21)Nc1cc(C(F)(F)F)cc(C(F)(F)F)c1. The normalized spacial score (nSPS) is 17.9. The molecule has 2 aliphatic rings. The molecule has 0 spiro atoms. The van der Waals surface area contributed by atoms with Crippen molar-refractivity contribution in [2.75, 3.05) is 11.9 Å². The number of rotatable bonds is 5. The quantitative estimate of drug-likeness (QED) is 0.233. The molecule has 1 amide bonds. The van der Waals surface area contributed by atoms with Crippen LogP contribution in [0.4, 0.5) is 32.0 Å². The third-order valence-corrected chi connectivity index (χ3v) is 8.01. The number of benzene rings is 3. The highest BCUT2D eigenvalue weighted by atomic mass is 79.9. The van der Waals surface area contributed by atoms with Gasteiger partial charge in [-0.05, 0) is 90.4 Å². The Labute approximate surface area is 250 Å². The van der Waals surface area contributed by atoms with E-state index < -0.39 is 35.1 Å². The van der Waals surface area contributed by atoms with Gasteiger partial charge in [-0.3, -0.25) is 4.79 Å². The first-order valence-electron chi connectivity index (χ1n) is 12.9. The first-order valence-corrected chi connectivity index (χ1v) is 14.4. The van der Waals surface area contributed by atoms with Crippen LogP contribution >= 0.6 is 31.9 Å². The average molecular weight is 707 g/mol. The van der Waals surface area contributed by atoms with Crippen molar-refractivity contribution in [2.24, 2.45) is 5.73 Å². The van der Waals surface area contributed by atoms with Crippen molar-refractivity contribution >= 4 is 43.5 Å². The van der Waals surface area contributed by atoms with Crippen molar-refractivity contribution in [3.63, 3.8) is 0 Å². The summed E-state index contributed by atoms with van der Waals surface area (Å²) in [6.45, 7) is 0.233. The lowest BCUT2D eigenvalue weighted by Gasteiger charge is -2.16. The van der Waals surface area contributed by atoms with Gasteiger partial charge in [0.1, 0.15) is 0 Å². The summed E-state index contributed by atoms with van der Waals surface area (Å²) in [5.74, 6) is -0.677. The molecule has 0 bridgehead atoms. The van der Waals surface area contributed by atoms with E-state index in [-0.39, 0.29) is 31.1 Å². The molecule has 41 heavy (non-hydrogen) atoms. The van der Waals surface area contributed by atoms with E-state index in [1.165, 1.54) is 16.7 Å². The highest BCUT2D eigenvalue weighted by Crippen LogP contribution is 2.38. The number of anilines is 1. The van der Waals surface area contributed by atoms with Crippen LogP contribution in [0.2, 0.25) is 0 Å². The number of nitrogens with one attached hydrogen (secondary N) is 2. The lowest BCUT2D eigenvalue weighted by molar-refractivity contribution is -0.143. The second kappa shape index (κ2) is 12.8. The fourth-order valence-corrected chi connectivity index (χ4v) is 5.84. The van der Waals surface area contributed by atoms with E-state index in [1.54, 1.807) is 0 Å². The zero-order valence-corrected chi connectivity index (χ0v) is 24.8. The maximum Gasteiger partial charge on any atom is 0.416 e. The number of fused-ring (bicyclic) bond motifs is 2. The number of nitrogens with two attached hydrogens (primary N) is 1. The summed E-state index contributed by atoms with van der Waals surface area (Å²) in [4.78, 5) is 12.1. The summed E-state index contributed by atoms with van der Waals surface area (Å²) in [5.41, 5.74) is 7.44. The molecule has 220 valence electrons. The molecule has 2 aliphatic carbocycles. The average Bonchev–Trinajstić information content (AvgIpc) is 3.45. The summed E-state index contributed by atoms with van der Waals surface area (Å²) in [6, 6.07) is 13.6. The number of aryl methyl sites for hydroxylation is 2. The van der Waals surface area contributed by atoms with Gasteiger partial charge in [0.25, 0.3) is 0 Å². The molecule has 2 unspecified atom stereocenters. The molecule has 3 aromatic carbocycles. The van der Waals surface area contributed by atoms with Crippen LogP contribution in [0, 0.1) is 0 Å². The van der Waals surface area contributed by atoms with E-state index in [1.807, 2.05) is 18.2 Å². The Kier molecular flexibility index (Phi) is 9.88. The van der Waals surface area contributed by atoms with Crippen molar-refractivity contribution in [1.82, 2.24) is 5.32 Å². The number of halogens is 8. The van der Waals surface area contributed by atoms with Crippen LogP contribution in [-0.4, -0.2) is 12.5 Å². The molecule has 0 heterocycles. The molecule has 0 radical (unpaired) electrons. The molecule has 12 heteroatoms. The fourth-order valence-electron chi connectivity index (χ4n) is 5.03. The maximum absolute atomic E-state index is 12.9. The molecule has 5 rings (SSSR count). The Morgan fingerprint density at radius 3 is 1.93 bits per heavy atom. The number of amides is 1. The maximum atomic E-state index is 12.9. The second-order valence-corrected chi connectivity index (χ2v) is 11.8. The zero-order chi connectivity index (χ0) is 29.9. The van der Waals surface area contributed by atoms with Crippen LogP contribution in [0.25, 0.3) is 0 Å². The number of hydrogen-bond acceptors (Lipinski definition) is 3. The second-order valence-electron chi connectivity index (χ2n) is 9.97. The molecule has 2 atom stereocenters. The third kappa shape index (κ3) is 8.33. The van der Waals surface area contributed by atoms with E-state index in [2.05, 4.69) is 60.7 Å². The first-order chi connectivity index (χ1) is 19.2.